The highest BCUT2D eigenvalue weighted by molar-refractivity contribution is 5.78. The van der Waals surface area contributed by atoms with E-state index in [-0.39, 0.29) is 11.9 Å². The summed E-state index contributed by atoms with van der Waals surface area (Å²) >= 11 is 0. The number of nitrogens with one attached hydrogen (secondary N) is 2. The fourth-order valence-corrected chi connectivity index (χ4v) is 2.48. The molecule has 0 bridgehead atoms. The molecule has 1 aliphatic heterocycles. The number of imidazole rings is 1. The number of piperazine rings is 1. The smallest absolute Gasteiger partial charge is 0.234 e. The summed E-state index contributed by atoms with van der Waals surface area (Å²) in [4.78, 5) is 24.1. The highest BCUT2D eigenvalue weighted by atomic mass is 16.2. The summed E-state index contributed by atoms with van der Waals surface area (Å²) in [6, 6.07) is -0.0758. The van der Waals surface area contributed by atoms with Gasteiger partial charge in [-0.1, -0.05) is 6.92 Å². The van der Waals surface area contributed by atoms with E-state index in [9.17, 15) is 4.79 Å². The van der Waals surface area contributed by atoms with E-state index >= 15 is 0 Å². The van der Waals surface area contributed by atoms with Crippen molar-refractivity contribution in [2.75, 3.05) is 39.3 Å². The van der Waals surface area contributed by atoms with Crippen LogP contribution >= 0.6 is 0 Å². The van der Waals surface area contributed by atoms with Crippen molar-refractivity contribution < 1.29 is 4.79 Å². The van der Waals surface area contributed by atoms with Crippen molar-refractivity contribution >= 4 is 5.91 Å². The predicted molar refractivity (Wildman–Crippen MR) is 78.4 cm³/mol. The van der Waals surface area contributed by atoms with Gasteiger partial charge in [0.1, 0.15) is 5.82 Å². The number of H-pyrrole nitrogens is 1. The monoisotopic (exact) mass is 279 g/mol. The number of carbonyl (C=O) groups is 1. The zero-order chi connectivity index (χ0) is 14.5. The Hall–Kier alpha value is -1.40. The molecule has 1 fully saturated rings. The number of aromatic amines is 1. The number of likely N-dealkylation sites (N-methyl/N-ethyl adjacent to an activating group) is 1. The van der Waals surface area contributed by atoms with Gasteiger partial charge in [0.15, 0.2) is 0 Å². The van der Waals surface area contributed by atoms with Gasteiger partial charge in [0.2, 0.25) is 5.91 Å². The van der Waals surface area contributed by atoms with E-state index in [1.807, 2.05) is 13.8 Å². The Morgan fingerprint density at radius 2 is 2.05 bits per heavy atom. The second-order valence-corrected chi connectivity index (χ2v) is 5.45. The number of nitrogens with zero attached hydrogens (tertiary/aromatic N) is 3. The Balaban J connectivity index is 1.75. The van der Waals surface area contributed by atoms with Gasteiger partial charge in [0, 0.05) is 38.1 Å². The topological polar surface area (TPSA) is 64.3 Å². The SMILES string of the molecule is CCN1CCN(CC(=O)N[C@@H](C)c2ncc(C)[nH]2)CC1. The fourth-order valence-electron chi connectivity index (χ4n) is 2.48. The maximum Gasteiger partial charge on any atom is 0.234 e. The lowest BCUT2D eigenvalue weighted by molar-refractivity contribution is -0.123. The average molecular weight is 279 g/mol. The first kappa shape index (κ1) is 15.0. The van der Waals surface area contributed by atoms with Crippen molar-refractivity contribution in [2.45, 2.75) is 26.8 Å². The van der Waals surface area contributed by atoms with Crippen LogP contribution in [0.15, 0.2) is 6.20 Å². The van der Waals surface area contributed by atoms with Crippen LogP contribution < -0.4 is 5.32 Å². The predicted octanol–water partition coefficient (Wildman–Crippen LogP) is 0.533. The van der Waals surface area contributed by atoms with Crippen molar-refractivity contribution in [2.24, 2.45) is 0 Å². The molecule has 0 unspecified atom stereocenters. The van der Waals surface area contributed by atoms with E-state index in [1.54, 1.807) is 6.20 Å². The van der Waals surface area contributed by atoms with Crippen molar-refractivity contribution in [3.05, 3.63) is 17.7 Å². The van der Waals surface area contributed by atoms with Crippen LogP contribution in [0.4, 0.5) is 0 Å². The van der Waals surface area contributed by atoms with Crippen LogP contribution in [0.5, 0.6) is 0 Å². The maximum absolute atomic E-state index is 12.0. The van der Waals surface area contributed by atoms with Crippen LogP contribution in [-0.4, -0.2) is 64.9 Å². The summed E-state index contributed by atoms with van der Waals surface area (Å²) in [5, 5.41) is 2.99. The second-order valence-electron chi connectivity index (χ2n) is 5.45. The van der Waals surface area contributed by atoms with Crippen molar-refractivity contribution in [3.8, 4) is 0 Å². The third kappa shape index (κ3) is 4.05. The van der Waals surface area contributed by atoms with Gasteiger partial charge in [-0.3, -0.25) is 9.69 Å². The van der Waals surface area contributed by atoms with Gasteiger partial charge < -0.3 is 15.2 Å². The maximum atomic E-state index is 12.0. The van der Waals surface area contributed by atoms with Crippen molar-refractivity contribution in [3.63, 3.8) is 0 Å². The van der Waals surface area contributed by atoms with Gasteiger partial charge in [-0.05, 0) is 20.4 Å². The standard InChI is InChI=1S/C14H25N5O/c1-4-18-5-7-19(8-6-18)10-13(20)17-12(3)14-15-9-11(2)16-14/h9,12H,4-8,10H2,1-3H3,(H,15,16)(H,17,20)/t12-/m0/s1. The first-order chi connectivity index (χ1) is 9.58. The normalized spacial score (nSPS) is 18.9. The van der Waals surface area contributed by atoms with E-state index < -0.39 is 0 Å². The minimum atomic E-state index is -0.0758. The number of hydrogen-bond donors (Lipinski definition) is 2. The van der Waals surface area contributed by atoms with Gasteiger partial charge in [-0.15, -0.1) is 0 Å². The molecular weight excluding hydrogens is 254 g/mol. The van der Waals surface area contributed by atoms with Gasteiger partial charge in [-0.2, -0.15) is 0 Å². The molecule has 6 heteroatoms. The molecule has 6 nitrogen and oxygen atoms in total. The quantitative estimate of drug-likeness (QED) is 0.825. The third-order valence-electron chi connectivity index (χ3n) is 3.79. The number of hydrogen-bond acceptors (Lipinski definition) is 4. The molecule has 2 rings (SSSR count). The molecule has 2 heterocycles. The molecule has 1 amide bonds. The minimum Gasteiger partial charge on any atom is -0.345 e. The first-order valence-corrected chi connectivity index (χ1v) is 7.34. The zero-order valence-corrected chi connectivity index (χ0v) is 12.6. The van der Waals surface area contributed by atoms with E-state index in [2.05, 4.69) is 32.0 Å². The number of aryl methyl sites for hydroxylation is 1. The summed E-state index contributed by atoms with van der Waals surface area (Å²) in [5.41, 5.74) is 1.01. The van der Waals surface area contributed by atoms with Crippen LogP contribution in [0.3, 0.4) is 0 Å². The number of carbonyl (C=O) groups excluding carboxylic acids is 1. The van der Waals surface area contributed by atoms with E-state index in [0.29, 0.717) is 6.54 Å². The van der Waals surface area contributed by atoms with E-state index in [4.69, 9.17) is 0 Å². The molecule has 1 aromatic heterocycles. The molecule has 20 heavy (non-hydrogen) atoms. The van der Waals surface area contributed by atoms with E-state index in [1.165, 1.54) is 0 Å². The second kappa shape index (κ2) is 6.85. The highest BCUT2D eigenvalue weighted by Gasteiger charge is 2.19. The lowest BCUT2D eigenvalue weighted by Crippen LogP contribution is -2.49. The summed E-state index contributed by atoms with van der Waals surface area (Å²) in [6.07, 6.45) is 1.78. The molecule has 2 N–H and O–H groups in total. The summed E-state index contributed by atoms with van der Waals surface area (Å²) in [5.74, 6) is 0.878. The molecular formula is C14H25N5O. The van der Waals surface area contributed by atoms with Crippen LogP contribution in [0, 0.1) is 6.92 Å². The molecule has 1 saturated heterocycles. The van der Waals surface area contributed by atoms with Crippen molar-refractivity contribution in [1.29, 1.82) is 0 Å². The minimum absolute atomic E-state index is 0.0662. The van der Waals surface area contributed by atoms with Gasteiger partial charge >= 0.3 is 0 Å². The molecule has 1 aromatic rings. The van der Waals surface area contributed by atoms with E-state index in [0.717, 1.165) is 44.2 Å². The average Bonchev–Trinajstić information content (AvgIpc) is 2.86. The molecule has 0 aliphatic carbocycles. The first-order valence-electron chi connectivity index (χ1n) is 7.34. The van der Waals surface area contributed by atoms with Crippen LogP contribution in [0.1, 0.15) is 31.4 Å². The fraction of sp³-hybridized carbons (Fsp3) is 0.714. The lowest BCUT2D eigenvalue weighted by Gasteiger charge is -2.33. The Kier molecular flexibility index (Phi) is 5.14. The third-order valence-corrected chi connectivity index (χ3v) is 3.79. The molecule has 1 aliphatic rings. The van der Waals surface area contributed by atoms with Crippen molar-refractivity contribution in [1.82, 2.24) is 25.1 Å². The van der Waals surface area contributed by atoms with Crippen LogP contribution in [0.25, 0.3) is 0 Å². The highest BCUT2D eigenvalue weighted by Crippen LogP contribution is 2.08. The Bertz CT molecular complexity index is 437. The summed E-state index contributed by atoms with van der Waals surface area (Å²) < 4.78 is 0. The van der Waals surface area contributed by atoms with Crippen LogP contribution in [0.2, 0.25) is 0 Å². The molecule has 0 saturated carbocycles. The van der Waals surface area contributed by atoms with Gasteiger partial charge in [-0.25, -0.2) is 4.98 Å². The largest absolute Gasteiger partial charge is 0.345 e. The summed E-state index contributed by atoms with van der Waals surface area (Å²) in [6.45, 7) is 11.7. The molecule has 0 spiro atoms. The van der Waals surface area contributed by atoms with Gasteiger partial charge in [0.05, 0.1) is 12.6 Å². The molecule has 0 aromatic carbocycles. The number of amides is 1. The Labute approximate surface area is 120 Å². The number of rotatable bonds is 5. The molecule has 0 radical (unpaired) electrons. The van der Waals surface area contributed by atoms with Crippen LogP contribution in [-0.2, 0) is 4.79 Å². The Morgan fingerprint density at radius 3 is 2.60 bits per heavy atom. The lowest BCUT2D eigenvalue weighted by atomic mass is 10.3. The number of aromatic nitrogens is 2. The zero-order valence-electron chi connectivity index (χ0n) is 12.6. The van der Waals surface area contributed by atoms with Gasteiger partial charge in [0.25, 0.3) is 0 Å². The Morgan fingerprint density at radius 1 is 1.40 bits per heavy atom. The summed E-state index contributed by atoms with van der Waals surface area (Å²) in [7, 11) is 0. The molecule has 1 atom stereocenters. The molecule has 112 valence electrons.